The molecule has 1 spiro atoms. The Kier molecular flexibility index (Phi) is 5.38. The van der Waals surface area contributed by atoms with E-state index >= 15 is 0 Å². The molecule has 4 heteroatoms. The highest BCUT2D eigenvalue weighted by molar-refractivity contribution is 5.91. The SMILES string of the molecule is CCC(CC)N1C[C@@H]2[C@H](CNC(=O)C=Cc3ccccc3)[C@H]3CC[C@]2(C1)O3. The summed E-state index contributed by atoms with van der Waals surface area (Å²) in [5, 5.41) is 3.14. The van der Waals surface area contributed by atoms with Crippen molar-refractivity contribution in [3.8, 4) is 0 Å². The van der Waals surface area contributed by atoms with Crippen LogP contribution in [0.25, 0.3) is 6.08 Å². The molecule has 4 rings (SSSR count). The molecule has 3 aliphatic rings. The first-order chi connectivity index (χ1) is 13.1. The summed E-state index contributed by atoms with van der Waals surface area (Å²) in [5.74, 6) is 1.01. The normalized spacial score (nSPS) is 32.5. The number of benzene rings is 1. The van der Waals surface area contributed by atoms with Gasteiger partial charge in [-0.05, 0) is 37.3 Å². The molecule has 1 aromatic rings. The van der Waals surface area contributed by atoms with Crippen LogP contribution in [0, 0.1) is 11.8 Å². The van der Waals surface area contributed by atoms with Crippen molar-refractivity contribution >= 4 is 12.0 Å². The minimum Gasteiger partial charge on any atom is -0.370 e. The van der Waals surface area contributed by atoms with Gasteiger partial charge in [0.25, 0.3) is 0 Å². The van der Waals surface area contributed by atoms with Crippen molar-refractivity contribution in [2.24, 2.45) is 11.8 Å². The van der Waals surface area contributed by atoms with Crippen molar-refractivity contribution in [2.45, 2.75) is 57.3 Å². The molecule has 1 aromatic carbocycles. The summed E-state index contributed by atoms with van der Waals surface area (Å²) in [4.78, 5) is 14.9. The Morgan fingerprint density at radius 3 is 2.85 bits per heavy atom. The molecule has 3 aliphatic heterocycles. The molecule has 1 amide bonds. The summed E-state index contributed by atoms with van der Waals surface area (Å²) in [5.41, 5.74) is 1.11. The molecule has 27 heavy (non-hydrogen) atoms. The van der Waals surface area contributed by atoms with Crippen LogP contribution in [0.2, 0.25) is 0 Å². The zero-order chi connectivity index (χ0) is 18.9. The lowest BCUT2D eigenvalue weighted by Crippen LogP contribution is -2.41. The molecule has 4 nitrogen and oxygen atoms in total. The monoisotopic (exact) mass is 368 g/mol. The maximum atomic E-state index is 12.3. The Hall–Kier alpha value is -1.65. The lowest BCUT2D eigenvalue weighted by Gasteiger charge is -2.29. The van der Waals surface area contributed by atoms with Gasteiger partial charge in [-0.25, -0.2) is 0 Å². The van der Waals surface area contributed by atoms with Crippen molar-refractivity contribution in [3.63, 3.8) is 0 Å². The first-order valence-electron chi connectivity index (χ1n) is 10.6. The first kappa shape index (κ1) is 18.7. The van der Waals surface area contributed by atoms with Crippen molar-refractivity contribution < 1.29 is 9.53 Å². The largest absolute Gasteiger partial charge is 0.370 e. The Morgan fingerprint density at radius 2 is 2.11 bits per heavy atom. The molecular weight excluding hydrogens is 336 g/mol. The Balaban J connectivity index is 1.36. The Bertz CT molecular complexity index is 685. The van der Waals surface area contributed by atoms with E-state index < -0.39 is 0 Å². The molecule has 3 heterocycles. The molecule has 0 aliphatic carbocycles. The van der Waals surface area contributed by atoms with Crippen molar-refractivity contribution in [1.29, 1.82) is 0 Å². The number of ether oxygens (including phenoxy) is 1. The molecule has 3 saturated heterocycles. The third-order valence-electron chi connectivity index (χ3n) is 7.01. The maximum absolute atomic E-state index is 12.3. The minimum absolute atomic E-state index is 0.00878. The van der Waals surface area contributed by atoms with Gasteiger partial charge in [0.05, 0.1) is 11.7 Å². The summed E-state index contributed by atoms with van der Waals surface area (Å²) >= 11 is 0. The number of hydrogen-bond donors (Lipinski definition) is 1. The average molecular weight is 369 g/mol. The predicted octanol–water partition coefficient (Wildman–Crippen LogP) is 3.48. The van der Waals surface area contributed by atoms with Gasteiger partial charge < -0.3 is 10.1 Å². The lowest BCUT2D eigenvalue weighted by atomic mass is 9.73. The second-order valence-corrected chi connectivity index (χ2v) is 8.42. The van der Waals surface area contributed by atoms with Gasteiger partial charge in [-0.1, -0.05) is 44.2 Å². The standard InChI is InChI=1S/C23H32N2O2/c1-3-18(4-2)25-15-20-19(21-12-13-23(20,16-25)27-21)14-24-22(26)11-10-17-8-6-5-7-9-17/h5-11,18-21H,3-4,12-16H2,1-2H3,(H,24,26)/t19-,20+,21+,23+/m0/s1. The zero-order valence-corrected chi connectivity index (χ0v) is 16.6. The number of likely N-dealkylation sites (tertiary alicyclic amines) is 1. The van der Waals surface area contributed by atoms with Crippen molar-refractivity contribution in [3.05, 3.63) is 42.0 Å². The summed E-state index contributed by atoms with van der Waals surface area (Å²) in [6.45, 7) is 7.51. The van der Waals surface area contributed by atoms with Crippen LogP contribution >= 0.6 is 0 Å². The van der Waals surface area contributed by atoms with Gasteiger partial charge in [0.1, 0.15) is 0 Å². The van der Waals surface area contributed by atoms with Gasteiger partial charge in [-0.2, -0.15) is 0 Å². The van der Waals surface area contributed by atoms with Crippen molar-refractivity contribution in [1.82, 2.24) is 10.2 Å². The lowest BCUT2D eigenvalue weighted by molar-refractivity contribution is -0.116. The van der Waals surface area contributed by atoms with E-state index in [9.17, 15) is 4.79 Å². The smallest absolute Gasteiger partial charge is 0.244 e. The van der Waals surface area contributed by atoms with Crippen molar-refractivity contribution in [2.75, 3.05) is 19.6 Å². The van der Waals surface area contributed by atoms with Crippen LogP contribution in [0.4, 0.5) is 0 Å². The molecule has 146 valence electrons. The van der Waals surface area contributed by atoms with E-state index in [-0.39, 0.29) is 11.5 Å². The summed E-state index contributed by atoms with van der Waals surface area (Å²) in [6.07, 6.45) is 8.59. The van der Waals surface area contributed by atoms with Gasteiger partial charge in [0.2, 0.25) is 5.91 Å². The first-order valence-corrected chi connectivity index (χ1v) is 10.6. The highest BCUT2D eigenvalue weighted by Gasteiger charge is 2.63. The zero-order valence-electron chi connectivity index (χ0n) is 16.6. The fourth-order valence-corrected chi connectivity index (χ4v) is 5.60. The molecule has 0 radical (unpaired) electrons. The summed E-state index contributed by atoms with van der Waals surface area (Å²) in [6, 6.07) is 10.6. The van der Waals surface area contributed by atoms with Gasteiger partial charge in [0.15, 0.2) is 0 Å². The number of nitrogens with zero attached hydrogens (tertiary/aromatic N) is 1. The highest BCUT2D eigenvalue weighted by atomic mass is 16.5. The second-order valence-electron chi connectivity index (χ2n) is 8.42. The van der Waals surface area contributed by atoms with Crippen LogP contribution in [-0.2, 0) is 9.53 Å². The summed E-state index contributed by atoms with van der Waals surface area (Å²) in [7, 11) is 0. The minimum atomic E-state index is -0.00878. The van der Waals surface area contributed by atoms with Crippen LogP contribution in [0.5, 0.6) is 0 Å². The number of fused-ring (bicyclic) bond motifs is 1. The van der Waals surface area contributed by atoms with Crippen LogP contribution in [-0.4, -0.2) is 48.2 Å². The molecule has 4 atom stereocenters. The van der Waals surface area contributed by atoms with E-state index in [2.05, 4.69) is 24.1 Å². The van der Waals surface area contributed by atoms with E-state index in [0.717, 1.165) is 31.6 Å². The fourth-order valence-electron chi connectivity index (χ4n) is 5.60. The molecular formula is C23H32N2O2. The molecule has 0 saturated carbocycles. The number of carbonyl (C=O) groups is 1. The summed E-state index contributed by atoms with van der Waals surface area (Å²) < 4.78 is 6.52. The van der Waals surface area contributed by atoms with Gasteiger partial charge >= 0.3 is 0 Å². The molecule has 3 fully saturated rings. The molecule has 2 bridgehead atoms. The predicted molar refractivity (Wildman–Crippen MR) is 108 cm³/mol. The number of carbonyl (C=O) groups excluding carboxylic acids is 1. The third-order valence-corrected chi connectivity index (χ3v) is 7.01. The second kappa shape index (κ2) is 7.76. The Morgan fingerprint density at radius 1 is 1.33 bits per heavy atom. The van der Waals surface area contributed by atoms with Gasteiger partial charge in [0, 0.05) is 43.6 Å². The third kappa shape index (κ3) is 3.57. The Labute approximate surface area is 163 Å². The molecule has 0 unspecified atom stereocenters. The highest BCUT2D eigenvalue weighted by Crippen LogP contribution is 2.55. The van der Waals surface area contributed by atoms with Gasteiger partial charge in [-0.3, -0.25) is 9.69 Å². The average Bonchev–Trinajstić information content (AvgIpc) is 3.35. The number of rotatable bonds is 7. The van der Waals surface area contributed by atoms with E-state index in [1.807, 2.05) is 36.4 Å². The topological polar surface area (TPSA) is 41.6 Å². The van der Waals surface area contributed by atoms with Gasteiger partial charge in [-0.15, -0.1) is 0 Å². The maximum Gasteiger partial charge on any atom is 0.244 e. The van der Waals surface area contributed by atoms with Crippen LogP contribution in [0.3, 0.4) is 0 Å². The van der Waals surface area contributed by atoms with Crippen LogP contribution in [0.1, 0.15) is 45.1 Å². The number of nitrogens with one attached hydrogen (secondary N) is 1. The number of amides is 1. The fraction of sp³-hybridized carbons (Fsp3) is 0.609. The van der Waals surface area contributed by atoms with E-state index in [0.29, 0.717) is 24.0 Å². The van der Waals surface area contributed by atoms with E-state index in [4.69, 9.17) is 4.74 Å². The van der Waals surface area contributed by atoms with E-state index in [1.54, 1.807) is 6.08 Å². The quantitative estimate of drug-likeness (QED) is 0.749. The van der Waals surface area contributed by atoms with Crippen LogP contribution < -0.4 is 5.32 Å². The molecule has 0 aromatic heterocycles. The van der Waals surface area contributed by atoms with Crippen LogP contribution in [0.15, 0.2) is 36.4 Å². The number of hydrogen-bond acceptors (Lipinski definition) is 3. The molecule has 1 N–H and O–H groups in total. The van der Waals surface area contributed by atoms with E-state index in [1.165, 1.54) is 19.3 Å².